The minimum Gasteiger partial charge on any atom is -0.396 e. The van der Waals surface area contributed by atoms with Crippen LogP contribution in [0.15, 0.2) is 18.2 Å². The van der Waals surface area contributed by atoms with Gasteiger partial charge in [0, 0.05) is 25.1 Å². The van der Waals surface area contributed by atoms with Crippen LogP contribution >= 0.6 is 0 Å². The lowest BCUT2D eigenvalue weighted by Crippen LogP contribution is -2.33. The zero-order valence-electron chi connectivity index (χ0n) is 11.7. The van der Waals surface area contributed by atoms with E-state index in [1.165, 1.54) is 16.7 Å². The number of aliphatic hydroxyl groups is 1. The third-order valence-electron chi connectivity index (χ3n) is 3.06. The Kier molecular flexibility index (Phi) is 4.72. The first kappa shape index (κ1) is 14.2. The van der Waals surface area contributed by atoms with Crippen molar-refractivity contribution in [3.8, 4) is 0 Å². The van der Waals surface area contributed by atoms with Crippen LogP contribution < -0.4 is 0 Å². The molecule has 1 rings (SSSR count). The highest BCUT2D eigenvalue weighted by Crippen LogP contribution is 2.18. The molecule has 2 nitrogen and oxygen atoms in total. The maximum atomic E-state index is 9.27. The van der Waals surface area contributed by atoms with Crippen LogP contribution in [-0.4, -0.2) is 30.2 Å². The number of nitrogens with zero attached hydrogens (tertiary/aromatic N) is 1. The van der Waals surface area contributed by atoms with Gasteiger partial charge in [0.2, 0.25) is 0 Å². The lowest BCUT2D eigenvalue weighted by Gasteiger charge is -2.28. The summed E-state index contributed by atoms with van der Waals surface area (Å²) in [6, 6.07) is 6.58. The molecule has 0 saturated carbocycles. The van der Waals surface area contributed by atoms with Crippen LogP contribution in [0.4, 0.5) is 0 Å². The molecule has 0 aliphatic rings. The monoisotopic (exact) mass is 235 g/mol. The van der Waals surface area contributed by atoms with Crippen molar-refractivity contribution in [2.75, 3.05) is 20.2 Å². The van der Waals surface area contributed by atoms with Crippen molar-refractivity contribution >= 4 is 0 Å². The van der Waals surface area contributed by atoms with Crippen molar-refractivity contribution in [3.63, 3.8) is 0 Å². The van der Waals surface area contributed by atoms with Gasteiger partial charge in [0.15, 0.2) is 0 Å². The molecule has 0 bridgehead atoms. The number of benzene rings is 1. The van der Waals surface area contributed by atoms with Gasteiger partial charge in [0.05, 0.1) is 0 Å². The van der Waals surface area contributed by atoms with Gasteiger partial charge in [0.1, 0.15) is 0 Å². The van der Waals surface area contributed by atoms with Crippen molar-refractivity contribution < 1.29 is 5.11 Å². The van der Waals surface area contributed by atoms with E-state index in [2.05, 4.69) is 57.8 Å². The Balaban J connectivity index is 2.65. The molecule has 0 fully saturated rings. The van der Waals surface area contributed by atoms with E-state index in [-0.39, 0.29) is 12.0 Å². The fourth-order valence-corrected chi connectivity index (χ4v) is 2.15. The van der Waals surface area contributed by atoms with E-state index in [4.69, 9.17) is 0 Å². The smallest absolute Gasteiger partial charge is 0.0494 e. The number of aryl methyl sites for hydroxylation is 2. The van der Waals surface area contributed by atoms with Gasteiger partial charge in [0.25, 0.3) is 0 Å². The van der Waals surface area contributed by atoms with E-state index in [9.17, 15) is 5.11 Å². The van der Waals surface area contributed by atoms with Crippen LogP contribution in [-0.2, 0) is 6.54 Å². The summed E-state index contributed by atoms with van der Waals surface area (Å²) in [7, 11) is 2.11. The van der Waals surface area contributed by atoms with Gasteiger partial charge in [-0.15, -0.1) is 0 Å². The molecule has 1 aromatic carbocycles. The topological polar surface area (TPSA) is 23.5 Å². The number of aliphatic hydroxyl groups excluding tert-OH is 1. The lowest BCUT2D eigenvalue weighted by molar-refractivity contribution is 0.112. The Morgan fingerprint density at radius 1 is 1.24 bits per heavy atom. The zero-order chi connectivity index (χ0) is 13.1. The Bertz CT molecular complexity index is 371. The summed E-state index contributed by atoms with van der Waals surface area (Å²) in [4.78, 5) is 2.27. The van der Waals surface area contributed by atoms with Crippen molar-refractivity contribution in [2.45, 2.75) is 34.2 Å². The van der Waals surface area contributed by atoms with Crippen molar-refractivity contribution in [1.29, 1.82) is 0 Å². The van der Waals surface area contributed by atoms with Crippen LogP contribution in [0.3, 0.4) is 0 Å². The fraction of sp³-hybridized carbons (Fsp3) is 0.600. The predicted molar refractivity (Wildman–Crippen MR) is 73.1 cm³/mol. The van der Waals surface area contributed by atoms with Gasteiger partial charge in [-0.25, -0.2) is 0 Å². The van der Waals surface area contributed by atoms with Crippen LogP contribution in [0.5, 0.6) is 0 Å². The van der Waals surface area contributed by atoms with Gasteiger partial charge in [-0.1, -0.05) is 37.6 Å². The molecule has 0 unspecified atom stereocenters. The summed E-state index contributed by atoms with van der Waals surface area (Å²) in [6.45, 7) is 10.5. The molecule has 17 heavy (non-hydrogen) atoms. The average Bonchev–Trinajstić information content (AvgIpc) is 2.21. The first-order chi connectivity index (χ1) is 7.84. The summed E-state index contributed by atoms with van der Waals surface area (Å²) in [5, 5.41) is 9.27. The largest absolute Gasteiger partial charge is 0.396 e. The quantitative estimate of drug-likeness (QED) is 0.848. The molecule has 0 aliphatic carbocycles. The van der Waals surface area contributed by atoms with Crippen molar-refractivity contribution in [1.82, 2.24) is 4.90 Å². The summed E-state index contributed by atoms with van der Waals surface area (Å²) in [5.41, 5.74) is 3.99. The lowest BCUT2D eigenvalue weighted by atomic mass is 9.94. The van der Waals surface area contributed by atoms with Gasteiger partial charge < -0.3 is 10.0 Å². The molecule has 0 heterocycles. The minimum absolute atomic E-state index is 0.0344. The van der Waals surface area contributed by atoms with Gasteiger partial charge in [-0.3, -0.25) is 0 Å². The molecule has 0 aliphatic heterocycles. The molecule has 0 aromatic heterocycles. The van der Waals surface area contributed by atoms with E-state index in [1.807, 2.05) is 0 Å². The Hall–Kier alpha value is -0.860. The van der Waals surface area contributed by atoms with Crippen molar-refractivity contribution in [3.05, 3.63) is 34.9 Å². The first-order valence-corrected chi connectivity index (χ1v) is 6.19. The normalized spacial score (nSPS) is 12.2. The van der Waals surface area contributed by atoms with E-state index in [0.717, 1.165) is 13.1 Å². The van der Waals surface area contributed by atoms with Crippen LogP contribution in [0.1, 0.15) is 30.5 Å². The predicted octanol–water partition coefficient (Wildman–Crippen LogP) is 2.75. The second-order valence-corrected chi connectivity index (χ2v) is 5.92. The Labute approximate surface area is 105 Å². The molecule has 1 N–H and O–H groups in total. The summed E-state index contributed by atoms with van der Waals surface area (Å²) in [5.74, 6) is 0. The van der Waals surface area contributed by atoms with E-state index in [1.54, 1.807) is 0 Å². The maximum absolute atomic E-state index is 9.27. The van der Waals surface area contributed by atoms with E-state index in [0.29, 0.717) is 0 Å². The molecule has 0 atom stereocenters. The fourth-order valence-electron chi connectivity index (χ4n) is 2.15. The Morgan fingerprint density at radius 3 is 2.41 bits per heavy atom. The molecule has 96 valence electrons. The van der Waals surface area contributed by atoms with Gasteiger partial charge in [-0.05, 0) is 32.0 Å². The average molecular weight is 235 g/mol. The Morgan fingerprint density at radius 2 is 1.88 bits per heavy atom. The van der Waals surface area contributed by atoms with Crippen LogP contribution in [0, 0.1) is 19.3 Å². The summed E-state index contributed by atoms with van der Waals surface area (Å²) < 4.78 is 0. The molecular formula is C15H25NO. The molecule has 0 amide bonds. The van der Waals surface area contributed by atoms with E-state index >= 15 is 0 Å². The number of hydrogen-bond acceptors (Lipinski definition) is 2. The molecule has 2 heteroatoms. The standard InChI is InChI=1S/C15H25NO/c1-12-6-7-14(13(2)8-12)9-16(5)10-15(3,4)11-17/h6-8,17H,9-11H2,1-5H3. The maximum Gasteiger partial charge on any atom is 0.0494 e. The zero-order valence-corrected chi connectivity index (χ0v) is 11.7. The minimum atomic E-state index is -0.0344. The summed E-state index contributed by atoms with van der Waals surface area (Å²) in [6.07, 6.45) is 0. The molecule has 0 radical (unpaired) electrons. The molecule has 0 saturated heterocycles. The van der Waals surface area contributed by atoms with Crippen LogP contribution in [0.25, 0.3) is 0 Å². The first-order valence-electron chi connectivity index (χ1n) is 6.19. The molecule has 1 aromatic rings. The third kappa shape index (κ3) is 4.49. The second-order valence-electron chi connectivity index (χ2n) is 5.92. The summed E-state index contributed by atoms with van der Waals surface area (Å²) >= 11 is 0. The number of rotatable bonds is 5. The molecule has 0 spiro atoms. The second kappa shape index (κ2) is 5.65. The highest BCUT2D eigenvalue weighted by atomic mass is 16.3. The SMILES string of the molecule is Cc1ccc(CN(C)CC(C)(C)CO)c(C)c1. The third-order valence-corrected chi connectivity index (χ3v) is 3.06. The number of hydrogen-bond donors (Lipinski definition) is 1. The van der Waals surface area contributed by atoms with Gasteiger partial charge in [-0.2, -0.15) is 0 Å². The highest BCUT2D eigenvalue weighted by molar-refractivity contribution is 5.30. The van der Waals surface area contributed by atoms with Crippen LogP contribution in [0.2, 0.25) is 0 Å². The van der Waals surface area contributed by atoms with Gasteiger partial charge >= 0.3 is 0 Å². The molecular weight excluding hydrogens is 210 g/mol. The highest BCUT2D eigenvalue weighted by Gasteiger charge is 2.19. The van der Waals surface area contributed by atoms with E-state index < -0.39 is 0 Å². The van der Waals surface area contributed by atoms with Crippen molar-refractivity contribution in [2.24, 2.45) is 5.41 Å².